The maximum absolute atomic E-state index is 12.6. The van der Waals surface area contributed by atoms with Crippen molar-refractivity contribution in [3.8, 4) is 16.3 Å². The van der Waals surface area contributed by atoms with Gasteiger partial charge in [-0.05, 0) is 30.0 Å². The quantitative estimate of drug-likeness (QED) is 0.670. The summed E-state index contributed by atoms with van der Waals surface area (Å²) in [5.74, 6) is -0.114. The van der Waals surface area contributed by atoms with Gasteiger partial charge in [0.2, 0.25) is 0 Å². The number of thiophene rings is 1. The zero-order chi connectivity index (χ0) is 16.8. The number of hydrogen-bond acceptors (Lipinski definition) is 4. The van der Waals surface area contributed by atoms with Crippen LogP contribution in [0.15, 0.2) is 54.0 Å². The first-order chi connectivity index (χ1) is 11.8. The molecule has 1 amide bonds. The fourth-order valence-corrected chi connectivity index (χ4v) is 3.09. The number of ether oxygens (including phenoxy) is 1. The van der Waals surface area contributed by atoms with Crippen LogP contribution in [0.4, 0.5) is 0 Å². The van der Waals surface area contributed by atoms with Crippen LogP contribution in [0.1, 0.15) is 16.8 Å². The minimum Gasteiger partial charge on any atom is -0.385 e. The van der Waals surface area contributed by atoms with Crippen molar-refractivity contribution in [2.75, 3.05) is 20.3 Å². The second-order valence-electron chi connectivity index (χ2n) is 5.25. The lowest BCUT2D eigenvalue weighted by Gasteiger charge is -2.04. The molecule has 1 N–H and O–H groups in total. The lowest BCUT2D eigenvalue weighted by molar-refractivity contribution is 0.0949. The summed E-state index contributed by atoms with van der Waals surface area (Å²) in [4.78, 5) is 13.5. The highest BCUT2D eigenvalue weighted by molar-refractivity contribution is 7.13. The van der Waals surface area contributed by atoms with Gasteiger partial charge in [-0.1, -0.05) is 24.3 Å². The average molecular weight is 341 g/mol. The van der Waals surface area contributed by atoms with Crippen LogP contribution < -0.4 is 5.32 Å². The molecule has 6 heteroatoms. The van der Waals surface area contributed by atoms with Crippen LogP contribution in [0.2, 0.25) is 0 Å². The van der Waals surface area contributed by atoms with Gasteiger partial charge < -0.3 is 10.1 Å². The summed E-state index contributed by atoms with van der Waals surface area (Å²) in [6.07, 6.45) is 2.57. The number of hydrogen-bond donors (Lipinski definition) is 1. The monoisotopic (exact) mass is 341 g/mol. The molecular weight excluding hydrogens is 322 g/mol. The molecule has 0 aliphatic carbocycles. The molecule has 3 rings (SSSR count). The van der Waals surface area contributed by atoms with Gasteiger partial charge in [-0.2, -0.15) is 5.10 Å². The summed E-state index contributed by atoms with van der Waals surface area (Å²) >= 11 is 1.57. The summed E-state index contributed by atoms with van der Waals surface area (Å²) in [5.41, 5.74) is 2.21. The van der Waals surface area contributed by atoms with Crippen LogP contribution in [0.3, 0.4) is 0 Å². The van der Waals surface area contributed by atoms with Crippen LogP contribution in [0.5, 0.6) is 0 Å². The number of nitrogens with one attached hydrogen (secondary N) is 1. The van der Waals surface area contributed by atoms with Gasteiger partial charge in [0.15, 0.2) is 0 Å². The van der Waals surface area contributed by atoms with Crippen molar-refractivity contribution in [2.24, 2.45) is 0 Å². The summed E-state index contributed by atoms with van der Waals surface area (Å²) in [6.45, 7) is 1.20. The molecule has 0 radical (unpaired) electrons. The van der Waals surface area contributed by atoms with Gasteiger partial charge in [0.05, 0.1) is 16.1 Å². The molecule has 0 saturated heterocycles. The van der Waals surface area contributed by atoms with Crippen molar-refractivity contribution < 1.29 is 9.53 Å². The molecule has 24 heavy (non-hydrogen) atoms. The van der Waals surface area contributed by atoms with Crippen LogP contribution in [-0.2, 0) is 4.74 Å². The number of nitrogens with zero attached hydrogens (tertiary/aromatic N) is 2. The first-order valence-corrected chi connectivity index (χ1v) is 8.63. The van der Waals surface area contributed by atoms with Gasteiger partial charge >= 0.3 is 0 Å². The summed E-state index contributed by atoms with van der Waals surface area (Å²) < 4.78 is 6.76. The molecule has 0 bridgehead atoms. The van der Waals surface area contributed by atoms with E-state index in [1.165, 1.54) is 0 Å². The van der Waals surface area contributed by atoms with Gasteiger partial charge in [-0.15, -0.1) is 11.3 Å². The predicted octanol–water partition coefficient (Wildman–Crippen LogP) is 3.37. The molecule has 0 spiro atoms. The zero-order valence-corrected chi connectivity index (χ0v) is 14.3. The van der Waals surface area contributed by atoms with E-state index in [-0.39, 0.29) is 5.91 Å². The Morgan fingerprint density at radius 3 is 2.79 bits per heavy atom. The Bertz CT molecular complexity index is 782. The van der Waals surface area contributed by atoms with E-state index in [0.717, 1.165) is 17.0 Å². The fourth-order valence-electron chi connectivity index (χ4n) is 2.36. The van der Waals surface area contributed by atoms with Crippen LogP contribution in [0.25, 0.3) is 16.3 Å². The maximum atomic E-state index is 12.6. The number of amides is 1. The number of methoxy groups -OCH3 is 1. The second-order valence-corrected chi connectivity index (χ2v) is 6.20. The van der Waals surface area contributed by atoms with Crippen LogP contribution in [-0.4, -0.2) is 35.9 Å². The van der Waals surface area contributed by atoms with E-state index in [9.17, 15) is 4.79 Å². The molecule has 0 fully saturated rings. The molecule has 1 aromatic carbocycles. The van der Waals surface area contributed by atoms with Crippen LogP contribution in [0, 0.1) is 0 Å². The molecule has 0 saturated carbocycles. The molecule has 2 heterocycles. The van der Waals surface area contributed by atoms with Crippen molar-refractivity contribution in [1.29, 1.82) is 0 Å². The maximum Gasteiger partial charge on any atom is 0.255 e. The smallest absolute Gasteiger partial charge is 0.255 e. The topological polar surface area (TPSA) is 56.1 Å². The van der Waals surface area contributed by atoms with E-state index in [1.807, 2.05) is 47.8 Å². The first-order valence-electron chi connectivity index (χ1n) is 7.75. The summed E-state index contributed by atoms with van der Waals surface area (Å²) in [7, 11) is 1.65. The standard InChI is InChI=1S/C18H19N3O2S/c1-23-11-6-10-19-18(22)15-13-21(14-7-3-2-4-8-14)20-17(15)16-9-5-12-24-16/h2-5,7-9,12-13H,6,10-11H2,1H3,(H,19,22). The van der Waals surface area contributed by atoms with Crippen molar-refractivity contribution in [2.45, 2.75) is 6.42 Å². The number of carbonyl (C=O) groups excluding carboxylic acids is 1. The van der Waals surface area contributed by atoms with E-state index in [4.69, 9.17) is 4.74 Å². The average Bonchev–Trinajstić information content (AvgIpc) is 3.28. The Morgan fingerprint density at radius 1 is 1.25 bits per heavy atom. The molecule has 5 nitrogen and oxygen atoms in total. The van der Waals surface area contributed by atoms with E-state index in [2.05, 4.69) is 10.4 Å². The highest BCUT2D eigenvalue weighted by atomic mass is 32.1. The molecule has 0 aliphatic heterocycles. The van der Waals surface area contributed by atoms with Gasteiger partial charge in [0.1, 0.15) is 5.69 Å². The molecular formula is C18H19N3O2S. The molecule has 0 aliphatic rings. The SMILES string of the molecule is COCCCNC(=O)c1cn(-c2ccccc2)nc1-c1cccs1. The van der Waals surface area contributed by atoms with Crippen molar-refractivity contribution >= 4 is 17.2 Å². The molecule has 0 unspecified atom stereocenters. The molecule has 124 valence electrons. The fraction of sp³-hybridized carbons (Fsp3) is 0.222. The number of benzene rings is 1. The minimum atomic E-state index is -0.114. The van der Waals surface area contributed by atoms with E-state index >= 15 is 0 Å². The van der Waals surface area contributed by atoms with Gasteiger partial charge in [0, 0.05) is 26.5 Å². The Hall–Kier alpha value is -2.44. The predicted molar refractivity (Wildman–Crippen MR) is 95.7 cm³/mol. The third kappa shape index (κ3) is 3.72. The van der Waals surface area contributed by atoms with Crippen molar-refractivity contribution in [1.82, 2.24) is 15.1 Å². The van der Waals surface area contributed by atoms with Gasteiger partial charge in [0.25, 0.3) is 5.91 Å². The molecule has 0 atom stereocenters. The number of rotatable bonds is 7. The molecule has 2 aromatic heterocycles. The number of carbonyl (C=O) groups is 1. The first kappa shape index (κ1) is 16.4. The largest absolute Gasteiger partial charge is 0.385 e. The van der Waals surface area contributed by atoms with E-state index < -0.39 is 0 Å². The summed E-state index contributed by atoms with van der Waals surface area (Å²) in [5, 5.41) is 9.55. The van der Waals surface area contributed by atoms with Gasteiger partial charge in [-0.25, -0.2) is 4.68 Å². The van der Waals surface area contributed by atoms with Crippen molar-refractivity contribution in [3.05, 3.63) is 59.6 Å². The van der Waals surface area contributed by atoms with Crippen molar-refractivity contribution in [3.63, 3.8) is 0 Å². The second kappa shape index (κ2) is 7.90. The third-order valence-electron chi connectivity index (χ3n) is 3.54. The summed E-state index contributed by atoms with van der Waals surface area (Å²) in [6, 6.07) is 13.7. The lowest BCUT2D eigenvalue weighted by atomic mass is 10.2. The minimum absolute atomic E-state index is 0.114. The Morgan fingerprint density at radius 2 is 2.08 bits per heavy atom. The highest BCUT2D eigenvalue weighted by Gasteiger charge is 2.18. The lowest BCUT2D eigenvalue weighted by Crippen LogP contribution is -2.25. The Labute approximate surface area is 144 Å². The number of aromatic nitrogens is 2. The van der Waals surface area contributed by atoms with E-state index in [0.29, 0.717) is 24.4 Å². The third-order valence-corrected chi connectivity index (χ3v) is 4.42. The van der Waals surface area contributed by atoms with Crippen LogP contribution >= 0.6 is 11.3 Å². The van der Waals surface area contributed by atoms with Gasteiger partial charge in [-0.3, -0.25) is 4.79 Å². The molecule has 3 aromatic rings. The Balaban J connectivity index is 1.89. The normalized spacial score (nSPS) is 10.7. The number of para-hydroxylation sites is 1. The highest BCUT2D eigenvalue weighted by Crippen LogP contribution is 2.27. The van der Waals surface area contributed by atoms with E-state index in [1.54, 1.807) is 29.3 Å². The Kier molecular flexibility index (Phi) is 5.40. The zero-order valence-electron chi connectivity index (χ0n) is 13.4.